The fraction of sp³-hybridized carbons (Fsp3) is 0.667. The number of ether oxygens (including phenoxy) is 2. The van der Waals surface area contributed by atoms with Crippen LogP contribution in [0.4, 0.5) is 0 Å². The van der Waals surface area contributed by atoms with Crippen molar-refractivity contribution in [1.82, 2.24) is 0 Å². The lowest BCUT2D eigenvalue weighted by atomic mass is 9.85. The maximum absolute atomic E-state index is 10.4. The Labute approximate surface area is 128 Å². The molecule has 2 rings (SSSR count). The molecule has 0 bridgehead atoms. The van der Waals surface area contributed by atoms with Gasteiger partial charge < -0.3 is 14.6 Å². The van der Waals surface area contributed by atoms with E-state index in [0.717, 1.165) is 30.1 Å². The number of aliphatic hydroxyl groups is 1. The number of aliphatic hydroxyl groups excluding tert-OH is 1. The van der Waals surface area contributed by atoms with Crippen molar-refractivity contribution in [2.24, 2.45) is 5.92 Å². The second-order valence-corrected chi connectivity index (χ2v) is 6.12. The number of methoxy groups -OCH3 is 1. The Morgan fingerprint density at radius 3 is 2.57 bits per heavy atom. The summed E-state index contributed by atoms with van der Waals surface area (Å²) in [6.07, 6.45) is 5.59. The zero-order valence-electron chi connectivity index (χ0n) is 13.4. The Hall–Kier alpha value is -1.06. The van der Waals surface area contributed by atoms with Gasteiger partial charge in [0.05, 0.1) is 19.3 Å². The molecule has 4 unspecified atom stereocenters. The van der Waals surface area contributed by atoms with Gasteiger partial charge in [-0.3, -0.25) is 0 Å². The normalized spacial score (nSPS) is 25.3. The molecule has 0 aromatic heterocycles. The number of hydrogen-bond acceptors (Lipinski definition) is 3. The lowest BCUT2D eigenvalue weighted by Gasteiger charge is -2.32. The van der Waals surface area contributed by atoms with E-state index < -0.39 is 6.10 Å². The highest BCUT2D eigenvalue weighted by Gasteiger charge is 2.26. The smallest absolute Gasteiger partial charge is 0.118 e. The summed E-state index contributed by atoms with van der Waals surface area (Å²) in [5.74, 6) is 1.59. The van der Waals surface area contributed by atoms with Crippen molar-refractivity contribution in [3.63, 3.8) is 0 Å². The van der Waals surface area contributed by atoms with Crippen LogP contribution < -0.4 is 4.74 Å². The first-order valence-corrected chi connectivity index (χ1v) is 8.11. The minimum absolute atomic E-state index is 0.181. The van der Waals surface area contributed by atoms with Gasteiger partial charge in [-0.25, -0.2) is 0 Å². The fourth-order valence-corrected chi connectivity index (χ4v) is 3.19. The van der Waals surface area contributed by atoms with E-state index in [9.17, 15) is 5.11 Å². The Balaban J connectivity index is 1.90. The molecule has 3 nitrogen and oxygen atoms in total. The molecule has 0 radical (unpaired) electrons. The lowest BCUT2D eigenvalue weighted by molar-refractivity contribution is -0.0860. The molecule has 0 spiro atoms. The molecule has 1 aliphatic carbocycles. The van der Waals surface area contributed by atoms with Crippen molar-refractivity contribution >= 4 is 0 Å². The molecule has 0 saturated heterocycles. The summed E-state index contributed by atoms with van der Waals surface area (Å²) in [6, 6.07) is 7.55. The minimum Gasteiger partial charge on any atom is -0.497 e. The highest BCUT2D eigenvalue weighted by molar-refractivity contribution is 5.28. The maximum Gasteiger partial charge on any atom is 0.118 e. The third kappa shape index (κ3) is 4.45. The highest BCUT2D eigenvalue weighted by Crippen LogP contribution is 2.31. The van der Waals surface area contributed by atoms with Gasteiger partial charge in [0.25, 0.3) is 0 Å². The first-order chi connectivity index (χ1) is 10.1. The Bertz CT molecular complexity index is 415. The highest BCUT2D eigenvalue weighted by atomic mass is 16.5. The summed E-state index contributed by atoms with van der Waals surface area (Å²) in [4.78, 5) is 0. The summed E-state index contributed by atoms with van der Waals surface area (Å²) in [5, 5.41) is 10.4. The first-order valence-electron chi connectivity index (χ1n) is 8.11. The van der Waals surface area contributed by atoms with Crippen LogP contribution in [0.25, 0.3) is 0 Å². The summed E-state index contributed by atoms with van der Waals surface area (Å²) < 4.78 is 11.3. The van der Waals surface area contributed by atoms with E-state index in [0.29, 0.717) is 6.10 Å². The van der Waals surface area contributed by atoms with Crippen molar-refractivity contribution in [2.45, 2.75) is 64.3 Å². The van der Waals surface area contributed by atoms with Gasteiger partial charge in [-0.15, -0.1) is 0 Å². The van der Waals surface area contributed by atoms with E-state index >= 15 is 0 Å². The van der Waals surface area contributed by atoms with Crippen LogP contribution in [0.3, 0.4) is 0 Å². The average molecular weight is 292 g/mol. The Kier molecular flexibility index (Phi) is 6.07. The van der Waals surface area contributed by atoms with Crippen LogP contribution in [0.1, 0.15) is 57.6 Å². The zero-order valence-corrected chi connectivity index (χ0v) is 13.4. The quantitative estimate of drug-likeness (QED) is 0.858. The summed E-state index contributed by atoms with van der Waals surface area (Å²) in [7, 11) is 1.64. The van der Waals surface area contributed by atoms with Gasteiger partial charge in [0.1, 0.15) is 11.9 Å². The second-order valence-electron chi connectivity index (χ2n) is 6.12. The molecule has 1 saturated carbocycles. The van der Waals surface area contributed by atoms with Crippen LogP contribution in [0, 0.1) is 5.92 Å². The molecule has 1 aliphatic rings. The monoisotopic (exact) mass is 292 g/mol. The predicted molar refractivity (Wildman–Crippen MR) is 84.5 cm³/mol. The third-order valence-corrected chi connectivity index (χ3v) is 4.62. The molecular weight excluding hydrogens is 264 g/mol. The van der Waals surface area contributed by atoms with Crippen molar-refractivity contribution in [3.8, 4) is 5.75 Å². The Morgan fingerprint density at radius 1 is 1.24 bits per heavy atom. The van der Waals surface area contributed by atoms with Crippen LogP contribution >= 0.6 is 0 Å². The second kappa shape index (κ2) is 7.81. The van der Waals surface area contributed by atoms with Crippen LogP contribution in [0.2, 0.25) is 0 Å². The van der Waals surface area contributed by atoms with Crippen molar-refractivity contribution in [1.29, 1.82) is 0 Å². The van der Waals surface area contributed by atoms with E-state index in [1.165, 1.54) is 19.3 Å². The number of hydrogen-bond donors (Lipinski definition) is 1. The van der Waals surface area contributed by atoms with E-state index in [-0.39, 0.29) is 6.10 Å². The molecule has 118 valence electrons. The van der Waals surface area contributed by atoms with Crippen LogP contribution in [-0.2, 0) is 4.74 Å². The van der Waals surface area contributed by atoms with Crippen molar-refractivity contribution in [3.05, 3.63) is 29.8 Å². The van der Waals surface area contributed by atoms with Gasteiger partial charge >= 0.3 is 0 Å². The zero-order chi connectivity index (χ0) is 15.2. The molecule has 0 heterocycles. The number of benzene rings is 1. The Morgan fingerprint density at radius 2 is 1.95 bits per heavy atom. The van der Waals surface area contributed by atoms with Crippen LogP contribution in [-0.4, -0.2) is 24.4 Å². The molecule has 0 aliphatic heterocycles. The van der Waals surface area contributed by atoms with Crippen LogP contribution in [0.15, 0.2) is 24.3 Å². The van der Waals surface area contributed by atoms with Gasteiger partial charge in [-0.1, -0.05) is 38.3 Å². The summed E-state index contributed by atoms with van der Waals surface area (Å²) in [5.41, 5.74) is 0.881. The van der Waals surface area contributed by atoms with Gasteiger partial charge in [0.2, 0.25) is 0 Å². The third-order valence-electron chi connectivity index (χ3n) is 4.62. The molecule has 3 heteroatoms. The predicted octanol–water partition coefficient (Wildman–Crippen LogP) is 4.10. The van der Waals surface area contributed by atoms with E-state index in [2.05, 4.69) is 6.92 Å². The van der Waals surface area contributed by atoms with Crippen molar-refractivity contribution < 1.29 is 14.6 Å². The molecule has 4 atom stereocenters. The molecule has 1 aromatic rings. The molecule has 0 amide bonds. The molecular formula is C18H28O3. The largest absolute Gasteiger partial charge is 0.497 e. The van der Waals surface area contributed by atoms with Gasteiger partial charge in [0.15, 0.2) is 0 Å². The first kappa shape index (κ1) is 16.3. The van der Waals surface area contributed by atoms with Gasteiger partial charge in [0, 0.05) is 0 Å². The average Bonchev–Trinajstić information content (AvgIpc) is 2.54. The lowest BCUT2D eigenvalue weighted by Crippen LogP contribution is -2.29. The minimum atomic E-state index is -0.585. The fourth-order valence-electron chi connectivity index (χ4n) is 3.19. The van der Waals surface area contributed by atoms with Gasteiger partial charge in [-0.2, -0.15) is 0 Å². The maximum atomic E-state index is 10.4. The van der Waals surface area contributed by atoms with Gasteiger partial charge in [-0.05, 0) is 43.4 Å². The molecule has 21 heavy (non-hydrogen) atoms. The van der Waals surface area contributed by atoms with E-state index in [1.807, 2.05) is 31.2 Å². The van der Waals surface area contributed by atoms with Crippen LogP contribution in [0.5, 0.6) is 5.75 Å². The topological polar surface area (TPSA) is 38.7 Å². The van der Waals surface area contributed by atoms with Crippen molar-refractivity contribution in [2.75, 3.05) is 7.11 Å². The summed E-state index contributed by atoms with van der Waals surface area (Å²) in [6.45, 7) is 4.22. The molecule has 1 N–H and O–H groups in total. The number of rotatable bonds is 6. The summed E-state index contributed by atoms with van der Waals surface area (Å²) >= 11 is 0. The van der Waals surface area contributed by atoms with E-state index in [4.69, 9.17) is 9.47 Å². The van der Waals surface area contributed by atoms with E-state index in [1.54, 1.807) is 7.11 Å². The molecule has 1 fully saturated rings. The molecule has 1 aromatic carbocycles. The SMILES string of the molecule is CCC1CCCC(OC(C)C(O)c2ccc(OC)cc2)C1. The standard InChI is InChI=1S/C18H28O3/c1-4-14-6-5-7-17(12-14)21-13(2)18(19)15-8-10-16(20-3)11-9-15/h8-11,13-14,17-19H,4-7,12H2,1-3H3.